The van der Waals surface area contributed by atoms with Gasteiger partial charge in [0.05, 0.1) is 11.0 Å². The van der Waals surface area contributed by atoms with Gasteiger partial charge in [-0.1, -0.05) is 19.9 Å². The molecule has 0 fully saturated rings. The molecule has 0 spiro atoms. The normalized spacial score (nSPS) is 12.5. The molecule has 0 heterocycles. The average molecular weight is 304 g/mol. The third-order valence-electron chi connectivity index (χ3n) is 2.32. The van der Waals surface area contributed by atoms with Gasteiger partial charge in [0, 0.05) is 6.07 Å². The molecule has 0 radical (unpaired) electrons. The van der Waals surface area contributed by atoms with E-state index in [-0.39, 0.29) is 18.2 Å². The van der Waals surface area contributed by atoms with Gasteiger partial charge in [0.1, 0.15) is 16.8 Å². The smallest absolute Gasteiger partial charge is 0.287 e. The van der Waals surface area contributed by atoms with Crippen molar-refractivity contribution in [3.8, 4) is 5.75 Å². The molecule has 1 aromatic carbocycles. The van der Waals surface area contributed by atoms with Crippen LogP contribution >= 0.6 is 15.9 Å². The minimum Gasteiger partial charge on any atom is -0.489 e. The summed E-state index contributed by atoms with van der Waals surface area (Å²) in [7, 11) is 0. The second kappa shape index (κ2) is 5.97. The van der Waals surface area contributed by atoms with E-state index < -0.39 is 11.0 Å². The molecule has 1 atom stereocenters. The summed E-state index contributed by atoms with van der Waals surface area (Å²) < 4.78 is 5.64. The molecule has 1 N–H and O–H groups in total. The van der Waals surface area contributed by atoms with Gasteiger partial charge in [-0.15, -0.1) is 0 Å². The second-order valence-electron chi connectivity index (χ2n) is 3.97. The predicted molar refractivity (Wildman–Crippen MR) is 67.1 cm³/mol. The van der Waals surface area contributed by atoms with Crippen LogP contribution in [0.1, 0.15) is 13.8 Å². The van der Waals surface area contributed by atoms with E-state index in [0.717, 1.165) is 0 Å². The SMILES string of the molecule is CC(C)C(O)COc1cccc([N+](=O)[O-])c1Br. The molecule has 0 bridgehead atoms. The Bertz CT molecular complexity index is 408. The van der Waals surface area contributed by atoms with E-state index >= 15 is 0 Å². The Kier molecular flexibility index (Phi) is 4.89. The lowest BCUT2D eigenvalue weighted by molar-refractivity contribution is -0.385. The fraction of sp³-hybridized carbons (Fsp3) is 0.455. The fourth-order valence-corrected chi connectivity index (χ4v) is 1.64. The highest BCUT2D eigenvalue weighted by Gasteiger charge is 2.17. The monoisotopic (exact) mass is 303 g/mol. The molecule has 17 heavy (non-hydrogen) atoms. The molecule has 5 nitrogen and oxygen atoms in total. The fourth-order valence-electron chi connectivity index (χ4n) is 1.12. The van der Waals surface area contributed by atoms with E-state index in [1.807, 2.05) is 13.8 Å². The third kappa shape index (κ3) is 3.67. The first-order valence-electron chi connectivity index (χ1n) is 5.17. The van der Waals surface area contributed by atoms with E-state index in [1.165, 1.54) is 6.07 Å². The molecular formula is C11H14BrNO4. The number of nitro groups is 1. The van der Waals surface area contributed by atoms with Crippen LogP contribution in [-0.4, -0.2) is 22.7 Å². The molecule has 0 aliphatic rings. The summed E-state index contributed by atoms with van der Waals surface area (Å²) in [6.07, 6.45) is -0.596. The Labute approximate surface area is 108 Å². The molecule has 0 aliphatic carbocycles. The second-order valence-corrected chi connectivity index (χ2v) is 4.76. The summed E-state index contributed by atoms with van der Waals surface area (Å²) >= 11 is 3.12. The zero-order valence-electron chi connectivity index (χ0n) is 9.59. The van der Waals surface area contributed by atoms with Gasteiger partial charge in [-0.25, -0.2) is 0 Å². The quantitative estimate of drug-likeness (QED) is 0.670. The maximum absolute atomic E-state index is 10.7. The maximum Gasteiger partial charge on any atom is 0.287 e. The molecular weight excluding hydrogens is 290 g/mol. The number of hydrogen-bond donors (Lipinski definition) is 1. The van der Waals surface area contributed by atoms with Crippen molar-refractivity contribution < 1.29 is 14.8 Å². The molecule has 0 saturated heterocycles. The van der Waals surface area contributed by atoms with Crippen LogP contribution in [0.15, 0.2) is 22.7 Å². The van der Waals surface area contributed by atoms with Gasteiger partial charge in [-0.3, -0.25) is 10.1 Å². The Morgan fingerprint density at radius 3 is 2.71 bits per heavy atom. The number of rotatable bonds is 5. The third-order valence-corrected chi connectivity index (χ3v) is 3.12. The first-order valence-corrected chi connectivity index (χ1v) is 5.96. The highest BCUT2D eigenvalue weighted by molar-refractivity contribution is 9.10. The van der Waals surface area contributed by atoms with Gasteiger partial charge < -0.3 is 9.84 Å². The van der Waals surface area contributed by atoms with Crippen LogP contribution in [0.5, 0.6) is 5.75 Å². The van der Waals surface area contributed by atoms with E-state index in [4.69, 9.17) is 4.74 Å². The van der Waals surface area contributed by atoms with E-state index in [1.54, 1.807) is 12.1 Å². The summed E-state index contributed by atoms with van der Waals surface area (Å²) in [5, 5.41) is 20.3. The summed E-state index contributed by atoms with van der Waals surface area (Å²) in [5.74, 6) is 0.436. The standard InChI is InChI=1S/C11H14BrNO4/c1-7(2)9(14)6-17-10-5-3-4-8(11(10)12)13(15)16/h3-5,7,9,14H,6H2,1-2H3. The lowest BCUT2D eigenvalue weighted by Crippen LogP contribution is -2.23. The summed E-state index contributed by atoms with van der Waals surface area (Å²) in [5.41, 5.74) is -0.0541. The number of nitro benzene ring substituents is 1. The first kappa shape index (κ1) is 13.9. The summed E-state index contributed by atoms with van der Waals surface area (Å²) in [4.78, 5) is 10.2. The van der Waals surface area contributed by atoms with Gasteiger partial charge in [0.2, 0.25) is 0 Å². The van der Waals surface area contributed by atoms with E-state index in [2.05, 4.69) is 15.9 Å². The number of hydrogen-bond acceptors (Lipinski definition) is 4. The van der Waals surface area contributed by atoms with E-state index in [0.29, 0.717) is 10.2 Å². The lowest BCUT2D eigenvalue weighted by atomic mass is 10.1. The van der Waals surface area contributed by atoms with Crippen molar-refractivity contribution in [1.29, 1.82) is 0 Å². The van der Waals surface area contributed by atoms with Gasteiger partial charge in [-0.05, 0) is 27.9 Å². The minimum atomic E-state index is -0.596. The van der Waals surface area contributed by atoms with Gasteiger partial charge >= 0.3 is 0 Å². The van der Waals surface area contributed by atoms with Crippen molar-refractivity contribution in [1.82, 2.24) is 0 Å². The zero-order valence-corrected chi connectivity index (χ0v) is 11.2. The van der Waals surface area contributed by atoms with Crippen molar-refractivity contribution in [2.24, 2.45) is 5.92 Å². The zero-order chi connectivity index (χ0) is 13.0. The molecule has 0 saturated carbocycles. The first-order chi connectivity index (χ1) is 7.93. The van der Waals surface area contributed by atoms with Crippen LogP contribution in [0, 0.1) is 16.0 Å². The largest absolute Gasteiger partial charge is 0.489 e. The molecule has 1 rings (SSSR count). The van der Waals surface area contributed by atoms with Crippen LogP contribution in [0.2, 0.25) is 0 Å². The Morgan fingerprint density at radius 2 is 2.18 bits per heavy atom. The van der Waals surface area contributed by atoms with Crippen LogP contribution in [0.25, 0.3) is 0 Å². The van der Waals surface area contributed by atoms with Crippen LogP contribution in [-0.2, 0) is 0 Å². The number of aliphatic hydroxyl groups is 1. The molecule has 0 amide bonds. The van der Waals surface area contributed by atoms with Crippen molar-refractivity contribution in [3.05, 3.63) is 32.8 Å². The highest BCUT2D eigenvalue weighted by atomic mass is 79.9. The Morgan fingerprint density at radius 1 is 1.53 bits per heavy atom. The number of halogens is 1. The number of ether oxygens (including phenoxy) is 1. The molecule has 0 aromatic heterocycles. The van der Waals surface area contributed by atoms with Crippen molar-refractivity contribution in [3.63, 3.8) is 0 Å². The average Bonchev–Trinajstić information content (AvgIpc) is 2.26. The Balaban J connectivity index is 2.79. The van der Waals surface area contributed by atoms with Crippen LogP contribution in [0.4, 0.5) is 5.69 Å². The molecule has 6 heteroatoms. The summed E-state index contributed by atoms with van der Waals surface area (Å²) in [6, 6.07) is 4.54. The highest BCUT2D eigenvalue weighted by Crippen LogP contribution is 2.33. The molecule has 1 unspecified atom stereocenters. The predicted octanol–water partition coefficient (Wildman–Crippen LogP) is 2.75. The molecule has 0 aliphatic heterocycles. The lowest BCUT2D eigenvalue weighted by Gasteiger charge is -2.15. The summed E-state index contributed by atoms with van der Waals surface area (Å²) in [6.45, 7) is 3.85. The molecule has 94 valence electrons. The Hall–Kier alpha value is -1.14. The number of benzene rings is 1. The number of nitrogens with zero attached hydrogens (tertiary/aromatic N) is 1. The maximum atomic E-state index is 10.7. The topological polar surface area (TPSA) is 72.6 Å². The van der Waals surface area contributed by atoms with E-state index in [9.17, 15) is 15.2 Å². The minimum absolute atomic E-state index is 0.0541. The number of aliphatic hydroxyl groups excluding tert-OH is 1. The van der Waals surface area contributed by atoms with Gasteiger partial charge in [-0.2, -0.15) is 0 Å². The van der Waals surface area contributed by atoms with Gasteiger partial charge in [0.15, 0.2) is 0 Å². The van der Waals surface area contributed by atoms with Crippen LogP contribution in [0.3, 0.4) is 0 Å². The van der Waals surface area contributed by atoms with Crippen molar-refractivity contribution >= 4 is 21.6 Å². The van der Waals surface area contributed by atoms with Gasteiger partial charge in [0.25, 0.3) is 5.69 Å². The van der Waals surface area contributed by atoms with Crippen molar-refractivity contribution in [2.45, 2.75) is 20.0 Å². The van der Waals surface area contributed by atoms with Crippen LogP contribution < -0.4 is 4.74 Å². The molecule has 1 aromatic rings. The van der Waals surface area contributed by atoms with Crippen molar-refractivity contribution in [2.75, 3.05) is 6.61 Å².